The van der Waals surface area contributed by atoms with E-state index in [0.717, 1.165) is 5.92 Å². The first kappa shape index (κ1) is 17.0. The summed E-state index contributed by atoms with van der Waals surface area (Å²) in [4.78, 5) is 0. The number of hydrogen-bond donors (Lipinski definition) is 0. The predicted molar refractivity (Wildman–Crippen MR) is 80.4 cm³/mol. The molecule has 0 saturated heterocycles. The molecule has 104 valence electrons. The van der Waals surface area contributed by atoms with E-state index in [0.29, 0.717) is 10.8 Å². The zero-order valence-electron chi connectivity index (χ0n) is 13.5. The highest BCUT2D eigenvalue weighted by Gasteiger charge is 2.32. The van der Waals surface area contributed by atoms with Crippen molar-refractivity contribution in [2.75, 3.05) is 0 Å². The van der Waals surface area contributed by atoms with Crippen LogP contribution in [0.4, 0.5) is 0 Å². The third-order valence-electron chi connectivity index (χ3n) is 3.90. The van der Waals surface area contributed by atoms with Crippen LogP contribution in [0.5, 0.6) is 0 Å². The molecule has 0 bridgehead atoms. The smallest absolute Gasteiger partial charge is 0.0321 e. The summed E-state index contributed by atoms with van der Waals surface area (Å²) in [6.45, 7) is 16.8. The highest BCUT2D eigenvalue weighted by molar-refractivity contribution is 4.83. The minimum absolute atomic E-state index is 0.459. The maximum absolute atomic E-state index is 2.49. The van der Waals surface area contributed by atoms with Crippen LogP contribution in [0.25, 0.3) is 0 Å². The minimum Gasteiger partial charge on any atom is -0.0654 e. The maximum Gasteiger partial charge on any atom is -0.0321 e. The molecule has 0 radical (unpaired) electrons. The van der Waals surface area contributed by atoms with E-state index in [2.05, 4.69) is 48.5 Å². The second-order valence-electron chi connectivity index (χ2n) is 7.71. The standard InChI is InChI=1S/C17H36/c1-8-10-12-15(13-11-9-2)17(6,7)14-16(3,4)5/h15H,8-14H2,1-7H3. The van der Waals surface area contributed by atoms with Gasteiger partial charge in [0.2, 0.25) is 0 Å². The van der Waals surface area contributed by atoms with Gasteiger partial charge in [-0.1, -0.05) is 74.1 Å². The Morgan fingerprint density at radius 3 is 1.47 bits per heavy atom. The molecule has 0 amide bonds. The monoisotopic (exact) mass is 240 g/mol. The van der Waals surface area contributed by atoms with Gasteiger partial charge < -0.3 is 0 Å². The van der Waals surface area contributed by atoms with E-state index in [1.165, 1.54) is 44.9 Å². The van der Waals surface area contributed by atoms with Gasteiger partial charge in [0.15, 0.2) is 0 Å². The maximum atomic E-state index is 2.49. The van der Waals surface area contributed by atoms with Crippen molar-refractivity contribution in [1.82, 2.24) is 0 Å². The van der Waals surface area contributed by atoms with Crippen molar-refractivity contribution in [3.05, 3.63) is 0 Å². The summed E-state index contributed by atoms with van der Waals surface area (Å²) in [6.07, 6.45) is 9.70. The van der Waals surface area contributed by atoms with E-state index in [1.807, 2.05) is 0 Å². The Hall–Kier alpha value is 0. The van der Waals surface area contributed by atoms with Crippen LogP contribution in [-0.2, 0) is 0 Å². The van der Waals surface area contributed by atoms with Crippen LogP contribution in [-0.4, -0.2) is 0 Å². The molecular formula is C17H36. The largest absolute Gasteiger partial charge is 0.0654 e. The van der Waals surface area contributed by atoms with Crippen molar-refractivity contribution in [1.29, 1.82) is 0 Å². The van der Waals surface area contributed by atoms with Gasteiger partial charge in [0.25, 0.3) is 0 Å². The second kappa shape index (κ2) is 7.44. The molecule has 17 heavy (non-hydrogen) atoms. The highest BCUT2D eigenvalue weighted by Crippen LogP contribution is 2.43. The lowest BCUT2D eigenvalue weighted by Crippen LogP contribution is -2.29. The van der Waals surface area contributed by atoms with E-state index in [4.69, 9.17) is 0 Å². The van der Waals surface area contributed by atoms with Gasteiger partial charge in [-0.25, -0.2) is 0 Å². The van der Waals surface area contributed by atoms with Crippen LogP contribution >= 0.6 is 0 Å². The summed E-state index contributed by atoms with van der Waals surface area (Å²) < 4.78 is 0. The quantitative estimate of drug-likeness (QED) is 0.457. The highest BCUT2D eigenvalue weighted by atomic mass is 14.4. The first-order valence-electron chi connectivity index (χ1n) is 7.73. The Balaban J connectivity index is 4.50. The molecule has 0 aromatic carbocycles. The van der Waals surface area contributed by atoms with Crippen LogP contribution in [0.2, 0.25) is 0 Å². The Labute approximate surface area is 111 Å². The van der Waals surface area contributed by atoms with Crippen molar-refractivity contribution in [2.24, 2.45) is 16.7 Å². The van der Waals surface area contributed by atoms with Gasteiger partial charge in [0.1, 0.15) is 0 Å². The van der Waals surface area contributed by atoms with Crippen molar-refractivity contribution in [2.45, 2.75) is 93.4 Å². The molecule has 0 saturated carbocycles. The van der Waals surface area contributed by atoms with E-state index in [-0.39, 0.29) is 0 Å². The van der Waals surface area contributed by atoms with E-state index in [9.17, 15) is 0 Å². The SMILES string of the molecule is CCCCC(CCCC)C(C)(C)CC(C)(C)C. The fourth-order valence-electron chi connectivity index (χ4n) is 3.34. The summed E-state index contributed by atoms with van der Waals surface area (Å²) >= 11 is 0. The molecule has 0 N–H and O–H groups in total. The third-order valence-corrected chi connectivity index (χ3v) is 3.90. The van der Waals surface area contributed by atoms with Crippen molar-refractivity contribution >= 4 is 0 Å². The third kappa shape index (κ3) is 7.84. The Bertz CT molecular complexity index is 175. The van der Waals surface area contributed by atoms with E-state index >= 15 is 0 Å². The Morgan fingerprint density at radius 2 is 1.18 bits per heavy atom. The summed E-state index contributed by atoms with van der Waals surface area (Å²) in [6, 6.07) is 0. The first-order valence-corrected chi connectivity index (χ1v) is 7.73. The molecule has 0 nitrogen and oxygen atoms in total. The molecule has 0 unspecified atom stereocenters. The molecule has 0 atom stereocenters. The van der Waals surface area contributed by atoms with Crippen molar-refractivity contribution in [3.8, 4) is 0 Å². The topological polar surface area (TPSA) is 0 Å². The van der Waals surface area contributed by atoms with E-state index in [1.54, 1.807) is 0 Å². The van der Waals surface area contributed by atoms with Gasteiger partial charge >= 0.3 is 0 Å². The molecule has 0 aliphatic carbocycles. The minimum atomic E-state index is 0.459. The van der Waals surface area contributed by atoms with Crippen LogP contribution in [0.15, 0.2) is 0 Å². The Kier molecular flexibility index (Phi) is 7.44. The molecule has 0 rings (SSSR count). The normalized spacial score (nSPS) is 13.4. The molecule has 0 aliphatic heterocycles. The van der Waals surface area contributed by atoms with Gasteiger partial charge in [-0.15, -0.1) is 0 Å². The lowest BCUT2D eigenvalue weighted by molar-refractivity contribution is 0.112. The fraction of sp³-hybridized carbons (Fsp3) is 1.00. The van der Waals surface area contributed by atoms with Gasteiger partial charge in [0, 0.05) is 0 Å². The number of rotatable bonds is 8. The lowest BCUT2D eigenvalue weighted by Gasteiger charge is -2.39. The van der Waals surface area contributed by atoms with E-state index < -0.39 is 0 Å². The number of unbranched alkanes of at least 4 members (excludes halogenated alkanes) is 2. The summed E-state index contributed by atoms with van der Waals surface area (Å²) in [7, 11) is 0. The molecule has 0 aliphatic rings. The van der Waals surface area contributed by atoms with Crippen LogP contribution in [0.3, 0.4) is 0 Å². The van der Waals surface area contributed by atoms with Gasteiger partial charge in [0.05, 0.1) is 0 Å². The first-order chi connectivity index (χ1) is 7.73. The van der Waals surface area contributed by atoms with Gasteiger partial charge in [-0.05, 0) is 36.0 Å². The zero-order valence-corrected chi connectivity index (χ0v) is 13.5. The predicted octanol–water partition coefficient (Wildman–Crippen LogP) is 6.45. The van der Waals surface area contributed by atoms with Crippen LogP contribution < -0.4 is 0 Å². The fourth-order valence-corrected chi connectivity index (χ4v) is 3.34. The molecule has 0 fully saturated rings. The Morgan fingerprint density at radius 1 is 0.765 bits per heavy atom. The molecule has 0 spiro atoms. The second-order valence-corrected chi connectivity index (χ2v) is 7.71. The van der Waals surface area contributed by atoms with Crippen LogP contribution in [0.1, 0.15) is 93.4 Å². The van der Waals surface area contributed by atoms with Gasteiger partial charge in [-0.2, -0.15) is 0 Å². The molecule has 0 aromatic rings. The van der Waals surface area contributed by atoms with Gasteiger partial charge in [-0.3, -0.25) is 0 Å². The average molecular weight is 240 g/mol. The molecule has 0 heterocycles. The van der Waals surface area contributed by atoms with Crippen molar-refractivity contribution < 1.29 is 0 Å². The molecule has 0 aromatic heterocycles. The lowest BCUT2D eigenvalue weighted by atomic mass is 9.66. The molecule has 0 heteroatoms. The van der Waals surface area contributed by atoms with Crippen LogP contribution in [0, 0.1) is 16.7 Å². The zero-order chi connectivity index (χ0) is 13.5. The number of hydrogen-bond acceptors (Lipinski definition) is 0. The summed E-state index contributed by atoms with van der Waals surface area (Å²) in [5, 5.41) is 0. The van der Waals surface area contributed by atoms with Crippen molar-refractivity contribution in [3.63, 3.8) is 0 Å². The molecular weight excluding hydrogens is 204 g/mol. The summed E-state index contributed by atoms with van der Waals surface area (Å²) in [5.74, 6) is 0.918. The average Bonchev–Trinajstić information content (AvgIpc) is 2.13. The summed E-state index contributed by atoms with van der Waals surface area (Å²) in [5.41, 5.74) is 0.961.